The van der Waals surface area contributed by atoms with Gasteiger partial charge in [0.25, 0.3) is 5.91 Å². The molecular weight excluding hydrogens is 380 g/mol. The summed E-state index contributed by atoms with van der Waals surface area (Å²) in [5.74, 6) is -0.655. The van der Waals surface area contributed by atoms with Crippen molar-refractivity contribution in [3.05, 3.63) is 70.8 Å². The topological polar surface area (TPSA) is 75.7 Å². The zero-order valence-corrected chi connectivity index (χ0v) is 16.9. The number of likely N-dealkylation sites (tertiary alicyclic amines) is 1. The molecule has 0 aromatic heterocycles. The lowest BCUT2D eigenvalue weighted by Gasteiger charge is -2.26. The lowest BCUT2D eigenvalue weighted by atomic mass is 9.88. The first kappa shape index (κ1) is 20.1. The van der Waals surface area contributed by atoms with Crippen LogP contribution in [0.2, 0.25) is 0 Å². The molecule has 2 aromatic carbocycles. The van der Waals surface area contributed by atoms with Crippen molar-refractivity contribution < 1.29 is 19.1 Å². The van der Waals surface area contributed by atoms with Crippen LogP contribution in [0.5, 0.6) is 0 Å². The van der Waals surface area contributed by atoms with Crippen molar-refractivity contribution in [2.24, 2.45) is 0 Å². The molecule has 2 aliphatic rings. The second kappa shape index (κ2) is 9.11. The third-order valence-electron chi connectivity index (χ3n) is 5.77. The number of nitrogens with zero attached hydrogens (tertiary/aromatic N) is 1. The number of rotatable bonds is 6. The Morgan fingerprint density at radius 1 is 1.03 bits per heavy atom. The van der Waals surface area contributed by atoms with Gasteiger partial charge in [0.2, 0.25) is 5.91 Å². The Morgan fingerprint density at radius 3 is 2.60 bits per heavy atom. The number of nitrogens with one attached hydrogen (secondary N) is 1. The van der Waals surface area contributed by atoms with Gasteiger partial charge in [-0.25, -0.2) is 4.79 Å². The summed E-state index contributed by atoms with van der Waals surface area (Å²) in [6, 6.07) is 15.1. The average Bonchev–Trinajstić information content (AvgIpc) is 3.17. The number of hydrogen-bond donors (Lipinski definition) is 1. The third-order valence-corrected chi connectivity index (χ3v) is 5.77. The largest absolute Gasteiger partial charge is 0.452 e. The summed E-state index contributed by atoms with van der Waals surface area (Å²) in [5, 5.41) is 2.98. The molecule has 6 heteroatoms. The first-order chi connectivity index (χ1) is 14.6. The molecule has 1 aliphatic carbocycles. The van der Waals surface area contributed by atoms with E-state index in [1.807, 2.05) is 35.2 Å². The second-order valence-corrected chi connectivity index (χ2v) is 7.90. The van der Waals surface area contributed by atoms with Gasteiger partial charge in [-0.15, -0.1) is 0 Å². The summed E-state index contributed by atoms with van der Waals surface area (Å²) in [5.41, 5.74) is 3.77. The summed E-state index contributed by atoms with van der Waals surface area (Å²) in [7, 11) is 0. The van der Waals surface area contributed by atoms with Crippen molar-refractivity contribution in [2.45, 2.75) is 44.7 Å². The van der Waals surface area contributed by atoms with Crippen LogP contribution in [-0.2, 0) is 27.3 Å². The molecule has 0 spiro atoms. The molecule has 30 heavy (non-hydrogen) atoms. The highest BCUT2D eigenvalue weighted by Crippen LogP contribution is 2.29. The molecule has 0 radical (unpaired) electrons. The molecule has 156 valence electrons. The molecule has 1 atom stereocenters. The van der Waals surface area contributed by atoms with E-state index in [2.05, 4.69) is 11.4 Å². The summed E-state index contributed by atoms with van der Waals surface area (Å²) in [4.78, 5) is 38.1. The fourth-order valence-electron chi connectivity index (χ4n) is 4.19. The quantitative estimate of drug-likeness (QED) is 0.748. The Hall–Kier alpha value is -3.15. The average molecular weight is 406 g/mol. The van der Waals surface area contributed by atoms with Gasteiger partial charge >= 0.3 is 5.97 Å². The van der Waals surface area contributed by atoms with E-state index in [1.165, 1.54) is 5.56 Å². The highest BCUT2D eigenvalue weighted by molar-refractivity contribution is 5.91. The number of amides is 2. The van der Waals surface area contributed by atoms with E-state index in [9.17, 15) is 14.4 Å². The predicted octanol–water partition coefficient (Wildman–Crippen LogP) is 3.16. The van der Waals surface area contributed by atoms with Crippen LogP contribution in [-0.4, -0.2) is 35.8 Å². The van der Waals surface area contributed by atoms with Crippen LogP contribution in [0.1, 0.15) is 58.8 Å². The van der Waals surface area contributed by atoms with E-state index < -0.39 is 5.97 Å². The first-order valence-electron chi connectivity index (χ1n) is 10.5. The van der Waals surface area contributed by atoms with Crippen LogP contribution >= 0.6 is 0 Å². The number of fused-ring (bicyclic) bond motifs is 1. The summed E-state index contributed by atoms with van der Waals surface area (Å²) >= 11 is 0. The first-order valence-corrected chi connectivity index (χ1v) is 10.5. The molecule has 4 rings (SSSR count). The van der Waals surface area contributed by atoms with E-state index in [0.717, 1.165) is 43.4 Å². The SMILES string of the molecule is O=C(COC(=O)c1ccc(CN2CCCC2=O)cc1)NC1CCCc2ccccc21. The van der Waals surface area contributed by atoms with Crippen LogP contribution in [0.15, 0.2) is 48.5 Å². The highest BCUT2D eigenvalue weighted by Gasteiger charge is 2.22. The van der Waals surface area contributed by atoms with E-state index >= 15 is 0 Å². The Labute approximate surface area is 176 Å². The lowest BCUT2D eigenvalue weighted by molar-refractivity contribution is -0.128. The van der Waals surface area contributed by atoms with Gasteiger partial charge in [-0.3, -0.25) is 9.59 Å². The second-order valence-electron chi connectivity index (χ2n) is 7.90. The van der Waals surface area contributed by atoms with Crippen molar-refractivity contribution in [1.82, 2.24) is 10.2 Å². The third kappa shape index (κ3) is 4.70. The molecule has 6 nitrogen and oxygen atoms in total. The van der Waals surface area contributed by atoms with Gasteiger partial charge in [0.1, 0.15) is 0 Å². The van der Waals surface area contributed by atoms with Gasteiger partial charge in [-0.2, -0.15) is 0 Å². The summed E-state index contributed by atoms with van der Waals surface area (Å²) in [6.07, 6.45) is 4.45. The van der Waals surface area contributed by atoms with Crippen molar-refractivity contribution >= 4 is 17.8 Å². The predicted molar refractivity (Wildman–Crippen MR) is 112 cm³/mol. The number of hydrogen-bond acceptors (Lipinski definition) is 4. The molecule has 2 amide bonds. The zero-order chi connectivity index (χ0) is 20.9. The smallest absolute Gasteiger partial charge is 0.338 e. The number of carbonyl (C=O) groups excluding carboxylic acids is 3. The molecule has 1 fully saturated rings. The summed E-state index contributed by atoms with van der Waals surface area (Å²) < 4.78 is 5.19. The maximum Gasteiger partial charge on any atom is 0.338 e. The van der Waals surface area contributed by atoms with Crippen molar-refractivity contribution in [2.75, 3.05) is 13.2 Å². The maximum absolute atomic E-state index is 12.3. The van der Waals surface area contributed by atoms with Crippen LogP contribution in [0.4, 0.5) is 0 Å². The summed E-state index contributed by atoms with van der Waals surface area (Å²) in [6.45, 7) is 1.03. The Bertz CT molecular complexity index is 938. The Kier molecular flexibility index (Phi) is 6.12. The molecule has 1 saturated heterocycles. The van der Waals surface area contributed by atoms with Crippen LogP contribution in [0.3, 0.4) is 0 Å². The molecule has 2 aromatic rings. The number of esters is 1. The Balaban J connectivity index is 1.27. The minimum absolute atomic E-state index is 0.0336. The van der Waals surface area contributed by atoms with Crippen LogP contribution in [0, 0.1) is 0 Å². The number of carbonyl (C=O) groups is 3. The van der Waals surface area contributed by atoms with E-state index in [4.69, 9.17) is 4.74 Å². The van der Waals surface area contributed by atoms with E-state index in [-0.39, 0.29) is 24.5 Å². The molecule has 1 aliphatic heterocycles. The molecule has 0 bridgehead atoms. The van der Waals surface area contributed by atoms with Crippen molar-refractivity contribution in [1.29, 1.82) is 0 Å². The van der Waals surface area contributed by atoms with Crippen LogP contribution < -0.4 is 5.32 Å². The standard InChI is InChI=1S/C24H26N2O4/c27-22(25-21-8-3-6-18-5-1-2-7-20(18)21)16-30-24(29)19-12-10-17(11-13-19)15-26-14-4-9-23(26)28/h1-2,5,7,10-13,21H,3-4,6,8-9,14-16H2,(H,25,27). The highest BCUT2D eigenvalue weighted by atomic mass is 16.5. The molecule has 1 heterocycles. The molecule has 0 saturated carbocycles. The molecule has 1 unspecified atom stereocenters. The van der Waals surface area contributed by atoms with E-state index in [1.54, 1.807) is 12.1 Å². The molecular formula is C24H26N2O4. The zero-order valence-electron chi connectivity index (χ0n) is 16.9. The number of aryl methyl sites for hydroxylation is 1. The maximum atomic E-state index is 12.3. The van der Waals surface area contributed by atoms with Crippen molar-refractivity contribution in [3.63, 3.8) is 0 Å². The number of ether oxygens (including phenoxy) is 1. The van der Waals surface area contributed by atoms with Crippen LogP contribution in [0.25, 0.3) is 0 Å². The molecule has 1 N–H and O–H groups in total. The number of benzene rings is 2. The van der Waals surface area contributed by atoms with Gasteiger partial charge in [0.15, 0.2) is 6.61 Å². The normalized spacial score (nSPS) is 18.1. The lowest BCUT2D eigenvalue weighted by Crippen LogP contribution is -2.34. The minimum atomic E-state index is -0.530. The Morgan fingerprint density at radius 2 is 1.83 bits per heavy atom. The minimum Gasteiger partial charge on any atom is -0.452 e. The van der Waals surface area contributed by atoms with E-state index in [0.29, 0.717) is 18.5 Å². The fourth-order valence-corrected chi connectivity index (χ4v) is 4.19. The van der Waals surface area contributed by atoms with Gasteiger partial charge in [0, 0.05) is 19.5 Å². The van der Waals surface area contributed by atoms with Gasteiger partial charge in [-0.05, 0) is 54.5 Å². The van der Waals surface area contributed by atoms with Gasteiger partial charge < -0.3 is 15.0 Å². The van der Waals surface area contributed by atoms with Crippen molar-refractivity contribution in [3.8, 4) is 0 Å². The van der Waals surface area contributed by atoms with Gasteiger partial charge in [-0.1, -0.05) is 36.4 Å². The fraction of sp³-hybridized carbons (Fsp3) is 0.375. The van der Waals surface area contributed by atoms with Gasteiger partial charge in [0.05, 0.1) is 11.6 Å². The monoisotopic (exact) mass is 406 g/mol.